The summed E-state index contributed by atoms with van der Waals surface area (Å²) in [6.07, 6.45) is 2.30. The van der Waals surface area contributed by atoms with Gasteiger partial charge in [0.05, 0.1) is 26.9 Å². The lowest BCUT2D eigenvalue weighted by Crippen LogP contribution is -3.00. The zero-order valence-corrected chi connectivity index (χ0v) is 32.4. The van der Waals surface area contributed by atoms with Gasteiger partial charge in [0, 0.05) is 38.7 Å². The fraction of sp³-hybridized carbons (Fsp3) is 0.771. The first-order chi connectivity index (χ1) is 24.5. The second-order valence-electron chi connectivity index (χ2n) is 12.3. The standard InChI is InChI=1S/C21H32N2O8.C14H27NO5.ClH/c1-5-9-29-16-12-28-11-14(21(26)31-13(3)19(16)30-10-6-2)23-20(25)17-18(24)15(27-4)7-8-22-17;1-4-6-18-12-9-17-8-11(15)14(16)20-10(3)13(12)19-7-5-2;/h7-8,13-14,16,19,24H,5-6,9-12H2,1-4H3,(H,23,25);10-13H,4-9,15H2,1-3H3;1H/t13-,14-,16-,19-;10-,11-,12-,13-;/m00./s1. The Bertz CT molecular complexity index is 1180. The highest BCUT2D eigenvalue weighted by Crippen LogP contribution is 2.27. The minimum atomic E-state index is -1.10. The lowest BCUT2D eigenvalue weighted by atomic mass is 10.1. The molecule has 300 valence electrons. The Morgan fingerprint density at radius 1 is 0.827 bits per heavy atom. The molecular formula is C35H60ClN3O13. The maximum absolute atomic E-state index is 12.7. The van der Waals surface area contributed by atoms with E-state index in [-0.39, 0.29) is 68.0 Å². The average molecular weight is 766 g/mol. The van der Waals surface area contributed by atoms with Gasteiger partial charge in [0.2, 0.25) is 6.04 Å². The van der Waals surface area contributed by atoms with Gasteiger partial charge in [0.1, 0.15) is 43.2 Å². The lowest BCUT2D eigenvalue weighted by molar-refractivity contribution is -0.415. The van der Waals surface area contributed by atoms with Crippen LogP contribution in [0.15, 0.2) is 12.3 Å². The summed E-state index contributed by atoms with van der Waals surface area (Å²) in [6, 6.07) is -0.189. The third-order valence-electron chi connectivity index (χ3n) is 7.78. The third kappa shape index (κ3) is 15.3. The Morgan fingerprint density at radius 3 is 1.81 bits per heavy atom. The van der Waals surface area contributed by atoms with E-state index in [1.54, 1.807) is 6.92 Å². The van der Waals surface area contributed by atoms with Crippen LogP contribution in [0, 0.1) is 0 Å². The quantitative estimate of drug-likeness (QED) is 0.176. The zero-order valence-electron chi connectivity index (χ0n) is 31.6. The van der Waals surface area contributed by atoms with Crippen LogP contribution in [0.5, 0.6) is 11.5 Å². The molecule has 0 aromatic carbocycles. The van der Waals surface area contributed by atoms with Gasteiger partial charge in [-0.3, -0.25) is 4.79 Å². The number of nitrogens with zero attached hydrogens (tertiary/aromatic N) is 1. The summed E-state index contributed by atoms with van der Waals surface area (Å²) in [5, 5.41) is 12.7. The van der Waals surface area contributed by atoms with Crippen molar-refractivity contribution in [2.45, 2.75) is 116 Å². The van der Waals surface area contributed by atoms with E-state index in [9.17, 15) is 19.5 Å². The van der Waals surface area contributed by atoms with Crippen LogP contribution in [0.25, 0.3) is 0 Å². The van der Waals surface area contributed by atoms with Gasteiger partial charge in [-0.15, -0.1) is 0 Å². The minimum Gasteiger partial charge on any atom is -1.00 e. The van der Waals surface area contributed by atoms with Crippen molar-refractivity contribution < 1.29 is 80.3 Å². The second kappa shape index (κ2) is 26.0. The Morgan fingerprint density at radius 2 is 1.31 bits per heavy atom. The van der Waals surface area contributed by atoms with Crippen LogP contribution in [0.2, 0.25) is 0 Å². The number of halogens is 1. The Balaban J connectivity index is 0.000000559. The highest BCUT2D eigenvalue weighted by atomic mass is 35.5. The van der Waals surface area contributed by atoms with Crippen LogP contribution in [-0.4, -0.2) is 137 Å². The fourth-order valence-corrected chi connectivity index (χ4v) is 5.15. The number of ether oxygens (including phenoxy) is 9. The molecule has 0 spiro atoms. The van der Waals surface area contributed by atoms with Gasteiger partial charge >= 0.3 is 11.9 Å². The van der Waals surface area contributed by atoms with Crippen LogP contribution >= 0.6 is 0 Å². The molecule has 8 atom stereocenters. The van der Waals surface area contributed by atoms with Crippen molar-refractivity contribution >= 4 is 17.8 Å². The number of cyclic esters (lactones) is 2. The molecule has 5 N–H and O–H groups in total. The molecule has 16 nitrogen and oxygen atoms in total. The number of rotatable bonds is 15. The molecule has 2 saturated heterocycles. The van der Waals surface area contributed by atoms with Crippen molar-refractivity contribution in [3.8, 4) is 11.5 Å². The maximum atomic E-state index is 12.7. The largest absolute Gasteiger partial charge is 1.00 e. The summed E-state index contributed by atoms with van der Waals surface area (Å²) in [6.45, 7) is 14.5. The molecule has 0 radical (unpaired) electrons. The Kier molecular flexibility index (Phi) is 23.6. The second-order valence-corrected chi connectivity index (χ2v) is 12.3. The fourth-order valence-electron chi connectivity index (χ4n) is 5.15. The monoisotopic (exact) mass is 765 g/mol. The number of nitrogens with one attached hydrogen (secondary N) is 1. The number of aromatic hydroxyl groups is 1. The van der Waals surface area contributed by atoms with E-state index in [2.05, 4.69) is 16.0 Å². The molecule has 0 bridgehead atoms. The first-order valence-electron chi connectivity index (χ1n) is 17.9. The molecule has 17 heteroatoms. The summed E-state index contributed by atoms with van der Waals surface area (Å²) in [4.78, 5) is 41.0. The van der Waals surface area contributed by atoms with Gasteiger partial charge in [-0.25, -0.2) is 14.6 Å². The molecule has 2 fully saturated rings. The highest BCUT2D eigenvalue weighted by molar-refractivity contribution is 5.98. The zero-order chi connectivity index (χ0) is 37.8. The Labute approximate surface area is 313 Å². The number of amides is 1. The molecule has 3 rings (SSSR count). The maximum Gasteiger partial charge on any atom is 0.367 e. The summed E-state index contributed by atoms with van der Waals surface area (Å²) >= 11 is 0. The number of hydrogen-bond acceptors (Lipinski definition) is 14. The SMILES string of the molecule is CCCO[C@H]1[C@H](C)OC(=O)[C@@H](NC(=O)c2nccc(OC)c2O)COC[C@@H]1OCCC.CCCO[C@H]1[C@H](C)OC(=O)[C@@H]([NH3+])COC[C@@H]1OCCC.[Cl-]. The number of methoxy groups -OCH3 is 1. The van der Waals surface area contributed by atoms with Gasteiger partial charge in [-0.2, -0.15) is 0 Å². The molecule has 2 aliphatic rings. The van der Waals surface area contributed by atoms with Crippen molar-refractivity contribution in [3.05, 3.63) is 18.0 Å². The molecule has 0 unspecified atom stereocenters. The van der Waals surface area contributed by atoms with E-state index in [0.29, 0.717) is 33.0 Å². The predicted octanol–water partition coefficient (Wildman–Crippen LogP) is -1.40. The number of aromatic nitrogens is 1. The number of esters is 2. The van der Waals surface area contributed by atoms with Crippen molar-refractivity contribution in [2.24, 2.45) is 0 Å². The average Bonchev–Trinajstić information content (AvgIpc) is 3.19. The molecule has 0 aliphatic carbocycles. The number of pyridine rings is 1. The normalized spacial score (nSPS) is 26.9. The van der Waals surface area contributed by atoms with Gasteiger partial charge in [0.25, 0.3) is 5.91 Å². The topological polar surface area (TPSA) is 207 Å². The summed E-state index contributed by atoms with van der Waals surface area (Å²) < 4.78 is 50.6. The summed E-state index contributed by atoms with van der Waals surface area (Å²) in [7, 11) is 1.36. The molecule has 2 aliphatic heterocycles. The van der Waals surface area contributed by atoms with Crippen LogP contribution < -0.4 is 28.2 Å². The lowest BCUT2D eigenvalue weighted by Gasteiger charge is -2.30. The molecule has 0 saturated carbocycles. The molecule has 1 amide bonds. The molecule has 3 heterocycles. The van der Waals surface area contributed by atoms with Gasteiger partial charge < -0.3 is 71.2 Å². The Hall–Kier alpha value is -2.83. The third-order valence-corrected chi connectivity index (χ3v) is 7.78. The summed E-state index contributed by atoms with van der Waals surface area (Å²) in [5.74, 6) is -2.11. The van der Waals surface area contributed by atoms with Crippen molar-refractivity contribution in [1.29, 1.82) is 0 Å². The van der Waals surface area contributed by atoms with Crippen LogP contribution in [0.3, 0.4) is 0 Å². The first-order valence-corrected chi connectivity index (χ1v) is 17.9. The smallest absolute Gasteiger partial charge is 0.367 e. The van der Waals surface area contributed by atoms with Crippen LogP contribution in [0.4, 0.5) is 0 Å². The number of carbonyl (C=O) groups excluding carboxylic acids is 3. The van der Waals surface area contributed by atoms with Crippen LogP contribution in [0.1, 0.15) is 77.7 Å². The van der Waals surface area contributed by atoms with E-state index >= 15 is 0 Å². The number of quaternary nitrogens is 1. The minimum absolute atomic E-state index is 0. The summed E-state index contributed by atoms with van der Waals surface area (Å²) in [5.41, 5.74) is 3.48. The van der Waals surface area contributed by atoms with Gasteiger partial charge in [-0.1, -0.05) is 27.7 Å². The first kappa shape index (κ1) is 47.2. The van der Waals surface area contributed by atoms with E-state index in [1.807, 2.05) is 34.6 Å². The van der Waals surface area contributed by atoms with Crippen molar-refractivity contribution in [2.75, 3.05) is 60.0 Å². The molecular weight excluding hydrogens is 706 g/mol. The number of carbonyl (C=O) groups is 3. The van der Waals surface area contributed by atoms with E-state index in [4.69, 9.17) is 42.6 Å². The van der Waals surface area contributed by atoms with Crippen molar-refractivity contribution in [1.82, 2.24) is 10.3 Å². The molecule has 1 aromatic rings. The van der Waals surface area contributed by atoms with E-state index in [0.717, 1.165) is 25.7 Å². The van der Waals surface area contributed by atoms with E-state index < -0.39 is 48.0 Å². The highest BCUT2D eigenvalue weighted by Gasteiger charge is 2.37. The molecule has 1 aromatic heterocycles. The predicted molar refractivity (Wildman–Crippen MR) is 183 cm³/mol. The van der Waals surface area contributed by atoms with E-state index in [1.165, 1.54) is 19.4 Å². The number of hydrogen-bond donors (Lipinski definition) is 3. The van der Waals surface area contributed by atoms with Gasteiger partial charge in [-0.05, 0) is 39.5 Å². The van der Waals surface area contributed by atoms with Crippen LogP contribution in [-0.2, 0) is 47.5 Å². The van der Waals surface area contributed by atoms with Crippen molar-refractivity contribution in [3.63, 3.8) is 0 Å². The molecule has 52 heavy (non-hydrogen) atoms. The van der Waals surface area contributed by atoms with Gasteiger partial charge in [0.15, 0.2) is 23.2 Å².